The van der Waals surface area contributed by atoms with E-state index < -0.39 is 12.1 Å². The van der Waals surface area contributed by atoms with Crippen molar-refractivity contribution >= 4 is 11.9 Å². The molecular weight excluding hydrogens is 242 g/mol. The number of rotatable bonds is 6. The van der Waals surface area contributed by atoms with Crippen LogP contribution < -0.4 is 16.4 Å². The van der Waals surface area contributed by atoms with Crippen LogP contribution in [0.3, 0.4) is 0 Å². The van der Waals surface area contributed by atoms with Crippen molar-refractivity contribution < 1.29 is 9.59 Å². The van der Waals surface area contributed by atoms with E-state index in [0.717, 1.165) is 0 Å². The minimum absolute atomic E-state index is 0.113. The summed E-state index contributed by atoms with van der Waals surface area (Å²) in [6.07, 6.45) is 6.82. The molecule has 0 heterocycles. The van der Waals surface area contributed by atoms with Crippen molar-refractivity contribution in [2.75, 3.05) is 6.54 Å². The van der Waals surface area contributed by atoms with Crippen LogP contribution in [0.4, 0.5) is 4.79 Å². The lowest BCUT2D eigenvalue weighted by molar-refractivity contribution is -0.123. The predicted octanol–water partition coefficient (Wildman–Crippen LogP) is 1.77. The van der Waals surface area contributed by atoms with Crippen LogP contribution in [0, 0.1) is 11.8 Å². The number of nitrogens with one attached hydrogen (secondary N) is 2. The van der Waals surface area contributed by atoms with Gasteiger partial charge in [0, 0.05) is 6.54 Å². The Kier molecular flexibility index (Phi) is 6.67. The molecule has 5 nitrogen and oxygen atoms in total. The average molecular weight is 269 g/mol. The van der Waals surface area contributed by atoms with E-state index in [1.165, 1.54) is 32.1 Å². The molecule has 0 aliphatic heterocycles. The molecule has 0 bridgehead atoms. The maximum Gasteiger partial charge on any atom is 0.312 e. The van der Waals surface area contributed by atoms with Crippen LogP contribution in [0.5, 0.6) is 0 Å². The number of carbonyl (C=O) groups is 2. The Morgan fingerprint density at radius 2 is 1.84 bits per heavy atom. The van der Waals surface area contributed by atoms with Gasteiger partial charge >= 0.3 is 6.03 Å². The third-order valence-corrected chi connectivity index (χ3v) is 3.63. The van der Waals surface area contributed by atoms with Crippen molar-refractivity contribution in [3.05, 3.63) is 0 Å². The molecule has 3 amide bonds. The number of urea groups is 1. The highest BCUT2D eigenvalue weighted by Gasteiger charge is 2.22. The number of hydrogen-bond acceptors (Lipinski definition) is 2. The summed E-state index contributed by atoms with van der Waals surface area (Å²) in [5.74, 6) is 0.807. The van der Waals surface area contributed by atoms with Crippen molar-refractivity contribution in [1.29, 1.82) is 0 Å². The van der Waals surface area contributed by atoms with E-state index >= 15 is 0 Å². The SMILES string of the molecule is CC(C)C[C@@H](NC(N)=O)C(=O)NCC1CCCCC1. The molecule has 110 valence electrons. The van der Waals surface area contributed by atoms with Crippen LogP contribution in [0.1, 0.15) is 52.4 Å². The first-order valence-electron chi connectivity index (χ1n) is 7.32. The fourth-order valence-corrected chi connectivity index (χ4v) is 2.63. The number of primary amides is 1. The van der Waals surface area contributed by atoms with E-state index in [1.54, 1.807) is 0 Å². The Balaban J connectivity index is 2.39. The second kappa shape index (κ2) is 8.02. The molecule has 1 saturated carbocycles. The first-order chi connectivity index (χ1) is 8.99. The first kappa shape index (κ1) is 15.8. The lowest BCUT2D eigenvalue weighted by atomic mass is 9.89. The highest BCUT2D eigenvalue weighted by molar-refractivity contribution is 5.86. The Hall–Kier alpha value is -1.26. The maximum atomic E-state index is 12.1. The van der Waals surface area contributed by atoms with Gasteiger partial charge in [0.2, 0.25) is 5.91 Å². The molecule has 0 spiro atoms. The summed E-state index contributed by atoms with van der Waals surface area (Å²) >= 11 is 0. The zero-order valence-electron chi connectivity index (χ0n) is 12.1. The number of nitrogens with two attached hydrogens (primary N) is 1. The topological polar surface area (TPSA) is 84.2 Å². The first-order valence-corrected chi connectivity index (χ1v) is 7.32. The van der Waals surface area contributed by atoms with Crippen LogP contribution in [0.25, 0.3) is 0 Å². The van der Waals surface area contributed by atoms with E-state index in [-0.39, 0.29) is 5.91 Å². The maximum absolute atomic E-state index is 12.1. The summed E-state index contributed by atoms with van der Waals surface area (Å²) < 4.78 is 0. The summed E-state index contributed by atoms with van der Waals surface area (Å²) in [6.45, 7) is 4.75. The molecule has 1 atom stereocenters. The van der Waals surface area contributed by atoms with Crippen LogP contribution >= 0.6 is 0 Å². The molecule has 1 aliphatic carbocycles. The van der Waals surface area contributed by atoms with Gasteiger partial charge in [0.25, 0.3) is 0 Å². The summed E-state index contributed by atoms with van der Waals surface area (Å²) in [4.78, 5) is 23.0. The van der Waals surface area contributed by atoms with Gasteiger partial charge in [0.05, 0.1) is 0 Å². The van der Waals surface area contributed by atoms with Crippen molar-refractivity contribution in [2.45, 2.75) is 58.4 Å². The van der Waals surface area contributed by atoms with Crippen LogP contribution in [-0.4, -0.2) is 24.5 Å². The highest BCUT2D eigenvalue weighted by atomic mass is 16.2. The van der Waals surface area contributed by atoms with E-state index in [0.29, 0.717) is 24.8 Å². The molecule has 5 heteroatoms. The van der Waals surface area contributed by atoms with Crippen LogP contribution in [0.15, 0.2) is 0 Å². The van der Waals surface area contributed by atoms with Gasteiger partial charge < -0.3 is 16.4 Å². The lowest BCUT2D eigenvalue weighted by Crippen LogP contribution is -2.50. The van der Waals surface area contributed by atoms with Crippen molar-refractivity contribution in [2.24, 2.45) is 17.6 Å². The van der Waals surface area contributed by atoms with E-state index in [2.05, 4.69) is 10.6 Å². The minimum Gasteiger partial charge on any atom is -0.354 e. The second-order valence-electron chi connectivity index (χ2n) is 5.94. The van der Waals surface area contributed by atoms with Gasteiger partial charge in [-0.15, -0.1) is 0 Å². The minimum atomic E-state index is -0.640. The van der Waals surface area contributed by atoms with Gasteiger partial charge in [-0.3, -0.25) is 4.79 Å². The molecule has 0 aromatic heterocycles. The fourth-order valence-electron chi connectivity index (χ4n) is 2.63. The summed E-state index contributed by atoms with van der Waals surface area (Å²) in [5.41, 5.74) is 5.12. The van der Waals surface area contributed by atoms with Gasteiger partial charge in [-0.25, -0.2) is 4.79 Å². The predicted molar refractivity (Wildman–Crippen MR) is 75.5 cm³/mol. The fraction of sp³-hybridized carbons (Fsp3) is 0.857. The van der Waals surface area contributed by atoms with Crippen molar-refractivity contribution in [3.8, 4) is 0 Å². The van der Waals surface area contributed by atoms with Crippen molar-refractivity contribution in [1.82, 2.24) is 10.6 Å². The molecular formula is C14H27N3O2. The van der Waals surface area contributed by atoms with Crippen LogP contribution in [0.2, 0.25) is 0 Å². The molecule has 1 rings (SSSR count). The van der Waals surface area contributed by atoms with E-state index in [9.17, 15) is 9.59 Å². The average Bonchev–Trinajstić information content (AvgIpc) is 2.35. The number of carbonyl (C=O) groups excluding carboxylic acids is 2. The van der Waals surface area contributed by atoms with Gasteiger partial charge in [0.15, 0.2) is 0 Å². The zero-order valence-corrected chi connectivity index (χ0v) is 12.1. The Morgan fingerprint density at radius 3 is 2.37 bits per heavy atom. The molecule has 0 unspecified atom stereocenters. The molecule has 0 aromatic rings. The lowest BCUT2D eigenvalue weighted by Gasteiger charge is -2.24. The normalized spacial score (nSPS) is 18.1. The molecule has 0 radical (unpaired) electrons. The quantitative estimate of drug-likeness (QED) is 0.686. The Bertz CT molecular complexity index is 299. The molecule has 1 aliphatic rings. The van der Waals surface area contributed by atoms with Gasteiger partial charge in [-0.2, -0.15) is 0 Å². The standard InChI is InChI=1S/C14H27N3O2/c1-10(2)8-12(17-14(15)19)13(18)16-9-11-6-4-3-5-7-11/h10-12H,3-9H2,1-2H3,(H,16,18)(H3,15,17,19)/t12-/m1/s1. The van der Waals surface area contributed by atoms with Gasteiger partial charge in [-0.05, 0) is 31.1 Å². The smallest absolute Gasteiger partial charge is 0.312 e. The van der Waals surface area contributed by atoms with Crippen LogP contribution in [-0.2, 0) is 4.79 Å². The van der Waals surface area contributed by atoms with Crippen molar-refractivity contribution in [3.63, 3.8) is 0 Å². The summed E-state index contributed by atoms with van der Waals surface area (Å²) in [7, 11) is 0. The zero-order chi connectivity index (χ0) is 14.3. The van der Waals surface area contributed by atoms with E-state index in [4.69, 9.17) is 5.73 Å². The molecule has 0 saturated heterocycles. The summed E-state index contributed by atoms with van der Waals surface area (Å²) in [6, 6.07) is -1.15. The number of amides is 3. The third-order valence-electron chi connectivity index (χ3n) is 3.63. The molecule has 0 aromatic carbocycles. The second-order valence-corrected chi connectivity index (χ2v) is 5.94. The largest absolute Gasteiger partial charge is 0.354 e. The number of hydrogen-bond donors (Lipinski definition) is 3. The third kappa shape index (κ3) is 6.45. The highest BCUT2D eigenvalue weighted by Crippen LogP contribution is 2.22. The Labute approximate surface area is 115 Å². The molecule has 4 N–H and O–H groups in total. The van der Waals surface area contributed by atoms with Gasteiger partial charge in [0.1, 0.15) is 6.04 Å². The molecule has 1 fully saturated rings. The Morgan fingerprint density at radius 1 is 1.21 bits per heavy atom. The molecule has 19 heavy (non-hydrogen) atoms. The monoisotopic (exact) mass is 269 g/mol. The summed E-state index contributed by atoms with van der Waals surface area (Å²) in [5, 5.41) is 5.48. The van der Waals surface area contributed by atoms with Gasteiger partial charge in [-0.1, -0.05) is 33.1 Å². The van der Waals surface area contributed by atoms with E-state index in [1.807, 2.05) is 13.8 Å².